The number of hydrogen-bond acceptors (Lipinski definition) is 5. The van der Waals surface area contributed by atoms with Gasteiger partial charge in [0.05, 0.1) is 17.9 Å². The molecule has 0 radical (unpaired) electrons. The number of benzene rings is 1. The molecule has 0 fully saturated rings. The summed E-state index contributed by atoms with van der Waals surface area (Å²) in [4.78, 5) is 24.0. The molecule has 1 aromatic carbocycles. The van der Waals surface area contributed by atoms with E-state index in [0.717, 1.165) is 24.0 Å². The lowest BCUT2D eigenvalue weighted by Gasteiger charge is -2.09. The molecule has 134 valence electrons. The number of rotatable bonds is 4. The molecule has 0 bridgehead atoms. The van der Waals surface area contributed by atoms with Crippen LogP contribution in [0.1, 0.15) is 47.9 Å². The summed E-state index contributed by atoms with van der Waals surface area (Å²) in [5.41, 5.74) is 3.45. The Labute approximate surface area is 150 Å². The average molecular weight is 352 g/mol. The molecule has 7 nitrogen and oxygen atoms in total. The second-order valence-electron chi connectivity index (χ2n) is 6.75. The van der Waals surface area contributed by atoms with E-state index in [2.05, 4.69) is 20.3 Å². The molecule has 26 heavy (non-hydrogen) atoms. The number of aryl methyl sites for hydroxylation is 1. The fourth-order valence-corrected chi connectivity index (χ4v) is 3.18. The van der Waals surface area contributed by atoms with E-state index < -0.39 is 6.10 Å². The van der Waals surface area contributed by atoms with Crippen LogP contribution >= 0.6 is 0 Å². The monoisotopic (exact) mass is 352 g/mol. The van der Waals surface area contributed by atoms with Gasteiger partial charge >= 0.3 is 0 Å². The van der Waals surface area contributed by atoms with Gasteiger partial charge in [0.2, 0.25) is 5.88 Å². The van der Waals surface area contributed by atoms with Gasteiger partial charge in [-0.2, -0.15) is 0 Å². The van der Waals surface area contributed by atoms with Crippen molar-refractivity contribution in [3.63, 3.8) is 0 Å². The third kappa shape index (κ3) is 3.01. The van der Waals surface area contributed by atoms with Crippen molar-refractivity contribution in [2.24, 2.45) is 0 Å². The molecule has 1 aliphatic rings. The number of aliphatic hydroxyl groups excluding tert-OH is 1. The number of amides is 1. The van der Waals surface area contributed by atoms with Crippen LogP contribution in [-0.2, 0) is 6.42 Å². The Morgan fingerprint density at radius 2 is 2.27 bits per heavy atom. The van der Waals surface area contributed by atoms with Gasteiger partial charge in [0, 0.05) is 12.2 Å². The minimum absolute atomic E-state index is 0.0256. The van der Waals surface area contributed by atoms with Crippen LogP contribution in [0.3, 0.4) is 0 Å². The van der Waals surface area contributed by atoms with Gasteiger partial charge < -0.3 is 20.1 Å². The lowest BCUT2D eigenvalue weighted by atomic mass is 10.1. The number of fused-ring (bicyclic) bond motifs is 2. The quantitative estimate of drug-likeness (QED) is 0.670. The minimum atomic E-state index is -0.446. The Balaban J connectivity index is 1.63. The molecular formula is C19H20N4O3. The van der Waals surface area contributed by atoms with E-state index in [1.807, 2.05) is 32.0 Å². The summed E-state index contributed by atoms with van der Waals surface area (Å²) in [5.74, 6) is 0.670. The molecule has 1 amide bonds. The van der Waals surface area contributed by atoms with Crippen LogP contribution in [0.5, 0.6) is 11.6 Å². The Morgan fingerprint density at radius 3 is 3.08 bits per heavy atom. The first-order valence-corrected chi connectivity index (χ1v) is 8.65. The van der Waals surface area contributed by atoms with Gasteiger partial charge in [-0.1, -0.05) is 6.07 Å². The maximum atomic E-state index is 12.3. The zero-order valence-electron chi connectivity index (χ0n) is 14.6. The van der Waals surface area contributed by atoms with E-state index in [9.17, 15) is 9.90 Å². The lowest BCUT2D eigenvalue weighted by Crippen LogP contribution is -2.29. The topological polar surface area (TPSA) is 100 Å². The number of aromatic nitrogens is 3. The number of carbonyl (C=O) groups excluding carboxylic acids is 1. The number of aromatic amines is 1. The highest BCUT2D eigenvalue weighted by atomic mass is 16.5. The van der Waals surface area contributed by atoms with E-state index >= 15 is 0 Å². The normalized spacial score (nSPS) is 16.1. The second-order valence-corrected chi connectivity index (χ2v) is 6.75. The summed E-state index contributed by atoms with van der Waals surface area (Å²) in [7, 11) is 0. The van der Waals surface area contributed by atoms with Crippen molar-refractivity contribution >= 4 is 17.1 Å². The smallest absolute Gasteiger partial charge is 0.255 e. The number of H-pyrrole nitrogens is 1. The number of nitrogens with one attached hydrogen (secondary N) is 2. The molecule has 0 aliphatic heterocycles. The first kappa shape index (κ1) is 16.5. The van der Waals surface area contributed by atoms with Gasteiger partial charge in [-0.05, 0) is 49.9 Å². The van der Waals surface area contributed by atoms with Crippen molar-refractivity contribution in [1.29, 1.82) is 0 Å². The van der Waals surface area contributed by atoms with Crippen molar-refractivity contribution in [3.8, 4) is 11.6 Å². The van der Waals surface area contributed by atoms with Gasteiger partial charge in [-0.25, -0.2) is 9.97 Å². The molecule has 4 rings (SSSR count). The fourth-order valence-electron chi connectivity index (χ4n) is 3.18. The third-order valence-electron chi connectivity index (χ3n) is 4.41. The Morgan fingerprint density at radius 1 is 1.42 bits per heavy atom. The molecule has 0 saturated carbocycles. The molecule has 1 atom stereocenters. The highest BCUT2D eigenvalue weighted by Gasteiger charge is 2.21. The van der Waals surface area contributed by atoms with Gasteiger partial charge in [0.25, 0.3) is 5.91 Å². The lowest BCUT2D eigenvalue weighted by molar-refractivity contribution is 0.0944. The summed E-state index contributed by atoms with van der Waals surface area (Å²) in [6.07, 6.45) is 4.27. The van der Waals surface area contributed by atoms with Crippen LogP contribution in [0, 0.1) is 0 Å². The number of ether oxygens (including phenoxy) is 1. The fraction of sp³-hybridized carbons (Fsp3) is 0.316. The molecule has 2 heterocycles. The van der Waals surface area contributed by atoms with E-state index in [1.54, 1.807) is 6.20 Å². The van der Waals surface area contributed by atoms with Crippen molar-refractivity contribution in [3.05, 3.63) is 47.3 Å². The van der Waals surface area contributed by atoms with Gasteiger partial charge in [-0.15, -0.1) is 0 Å². The van der Waals surface area contributed by atoms with Crippen LogP contribution in [0.15, 0.2) is 30.6 Å². The van der Waals surface area contributed by atoms with Crippen molar-refractivity contribution < 1.29 is 14.6 Å². The first-order valence-electron chi connectivity index (χ1n) is 8.65. The molecule has 0 saturated heterocycles. The molecule has 3 N–H and O–H groups in total. The Hall–Kier alpha value is -2.93. The molecule has 0 spiro atoms. The van der Waals surface area contributed by atoms with Gasteiger partial charge in [0.1, 0.15) is 11.3 Å². The highest BCUT2D eigenvalue weighted by Crippen LogP contribution is 2.34. The van der Waals surface area contributed by atoms with Crippen molar-refractivity contribution in [2.45, 2.75) is 38.8 Å². The Bertz CT molecular complexity index is 980. The summed E-state index contributed by atoms with van der Waals surface area (Å²) >= 11 is 0. The predicted molar refractivity (Wildman–Crippen MR) is 96.3 cm³/mol. The first-order chi connectivity index (χ1) is 12.5. The number of aliphatic hydroxyl groups is 1. The molecular weight excluding hydrogens is 332 g/mol. The summed E-state index contributed by atoms with van der Waals surface area (Å²) < 4.78 is 5.81. The van der Waals surface area contributed by atoms with E-state index in [4.69, 9.17) is 4.74 Å². The SMILES string of the molecule is CC(C)NC(=O)c1c[nH]c2ncc(Oc3ccc4c(c3)[C@@H](O)CC4)nc12. The standard InChI is InChI=1S/C19H20N4O3/c1-10(2)22-19(25)14-8-20-18-17(14)23-16(9-21-18)26-12-5-3-11-4-6-15(24)13(11)7-12/h3,5,7-10,15,24H,4,6H2,1-2H3,(H,20,21)(H,22,25)/t15-/m0/s1. The summed E-state index contributed by atoms with van der Waals surface area (Å²) in [5, 5.41) is 12.9. The van der Waals surface area contributed by atoms with E-state index in [1.165, 1.54) is 6.20 Å². The highest BCUT2D eigenvalue weighted by molar-refractivity contribution is 6.04. The predicted octanol–water partition coefficient (Wildman–Crippen LogP) is 2.87. The zero-order chi connectivity index (χ0) is 18.3. The van der Waals surface area contributed by atoms with Gasteiger partial charge in [0.15, 0.2) is 5.65 Å². The van der Waals surface area contributed by atoms with Crippen LogP contribution in [0.2, 0.25) is 0 Å². The van der Waals surface area contributed by atoms with E-state index in [0.29, 0.717) is 28.4 Å². The van der Waals surface area contributed by atoms with Crippen LogP contribution in [0.4, 0.5) is 0 Å². The largest absolute Gasteiger partial charge is 0.437 e. The Kier molecular flexibility index (Phi) is 4.08. The maximum Gasteiger partial charge on any atom is 0.255 e. The summed E-state index contributed by atoms with van der Waals surface area (Å²) in [6, 6.07) is 5.68. The molecule has 0 unspecified atom stereocenters. The third-order valence-corrected chi connectivity index (χ3v) is 4.41. The number of carbonyl (C=O) groups is 1. The molecule has 7 heteroatoms. The summed E-state index contributed by atoms with van der Waals surface area (Å²) in [6.45, 7) is 3.80. The zero-order valence-corrected chi connectivity index (χ0v) is 14.6. The average Bonchev–Trinajstić information content (AvgIpc) is 3.18. The second kappa shape index (κ2) is 6.42. The molecule has 1 aliphatic carbocycles. The number of nitrogens with zero attached hydrogens (tertiary/aromatic N) is 2. The van der Waals surface area contributed by atoms with Crippen LogP contribution < -0.4 is 10.1 Å². The number of hydrogen-bond donors (Lipinski definition) is 3. The minimum Gasteiger partial charge on any atom is -0.437 e. The van der Waals surface area contributed by atoms with E-state index in [-0.39, 0.29) is 11.9 Å². The van der Waals surface area contributed by atoms with Gasteiger partial charge in [-0.3, -0.25) is 4.79 Å². The van der Waals surface area contributed by atoms with Crippen molar-refractivity contribution in [1.82, 2.24) is 20.3 Å². The molecule has 3 aromatic rings. The molecule has 2 aromatic heterocycles. The maximum absolute atomic E-state index is 12.3. The van der Waals surface area contributed by atoms with Crippen LogP contribution in [-0.4, -0.2) is 32.0 Å². The van der Waals surface area contributed by atoms with Crippen LogP contribution in [0.25, 0.3) is 11.2 Å². The van der Waals surface area contributed by atoms with Crippen molar-refractivity contribution in [2.75, 3.05) is 0 Å².